The molecule has 0 aliphatic carbocycles. The number of esters is 3. The fourth-order valence-electron chi connectivity index (χ4n) is 9.89. The van der Waals surface area contributed by atoms with Crippen LogP contribution in [0.3, 0.4) is 0 Å². The van der Waals surface area contributed by atoms with Gasteiger partial charge in [-0.25, -0.2) is 0 Å². The van der Waals surface area contributed by atoms with Crippen LogP contribution in [-0.4, -0.2) is 37.2 Å². The molecule has 0 saturated carbocycles. The molecular formula is C75H130O6. The zero-order valence-electron chi connectivity index (χ0n) is 53.5. The minimum absolute atomic E-state index is 0.0806. The number of rotatable bonds is 63. The van der Waals surface area contributed by atoms with E-state index in [0.717, 1.165) is 122 Å². The maximum absolute atomic E-state index is 12.9. The van der Waals surface area contributed by atoms with Crippen LogP contribution >= 0.6 is 0 Å². The Morgan fingerprint density at radius 1 is 0.259 bits per heavy atom. The topological polar surface area (TPSA) is 78.9 Å². The van der Waals surface area contributed by atoms with Crippen molar-refractivity contribution in [1.29, 1.82) is 0 Å². The monoisotopic (exact) mass is 1130 g/mol. The first-order valence-corrected chi connectivity index (χ1v) is 34.7. The molecule has 0 saturated heterocycles. The van der Waals surface area contributed by atoms with Crippen molar-refractivity contribution in [2.45, 2.75) is 348 Å². The summed E-state index contributed by atoms with van der Waals surface area (Å²) < 4.78 is 16.9. The number of carbonyl (C=O) groups excluding carboxylic acids is 3. The summed E-state index contributed by atoms with van der Waals surface area (Å²) in [6.07, 6.45) is 92.9. The summed E-state index contributed by atoms with van der Waals surface area (Å²) in [6.45, 7) is 6.54. The van der Waals surface area contributed by atoms with Gasteiger partial charge < -0.3 is 14.2 Å². The fourth-order valence-corrected chi connectivity index (χ4v) is 9.89. The van der Waals surface area contributed by atoms with Gasteiger partial charge in [-0.15, -0.1) is 0 Å². The molecule has 1 atom stereocenters. The number of allylic oxidation sites excluding steroid dienone is 16. The van der Waals surface area contributed by atoms with Gasteiger partial charge in [-0.05, 0) is 103 Å². The van der Waals surface area contributed by atoms with Gasteiger partial charge in [-0.2, -0.15) is 0 Å². The fraction of sp³-hybridized carbons (Fsp3) is 0.747. The first kappa shape index (κ1) is 77.3. The second-order valence-electron chi connectivity index (χ2n) is 23.1. The molecule has 0 amide bonds. The van der Waals surface area contributed by atoms with Crippen LogP contribution in [-0.2, 0) is 28.6 Å². The largest absolute Gasteiger partial charge is 0.462 e. The average molecular weight is 1130 g/mol. The predicted octanol–water partition coefficient (Wildman–Crippen LogP) is 24.0. The van der Waals surface area contributed by atoms with Crippen molar-refractivity contribution in [3.63, 3.8) is 0 Å². The Kier molecular flexibility index (Phi) is 65.7. The zero-order chi connectivity index (χ0) is 58.5. The van der Waals surface area contributed by atoms with E-state index < -0.39 is 6.10 Å². The van der Waals surface area contributed by atoms with Crippen LogP contribution < -0.4 is 0 Å². The SMILES string of the molecule is CC/C=C\C/C=C\C/C=C\C/C=C\C/C=C\C/C=C\C/C=C\CCCCCCCC(=O)OCC(COC(=O)CCCCCCCCCCCCC)OC(=O)CCCCCCCCCCCCCCC/C=C\CCCCCCCCCC. The standard InChI is InChI=1S/C75H130O6/c1-4-7-10-13-16-19-22-24-26-28-30-32-34-36-37-39-40-42-44-46-48-50-53-56-59-62-65-68-74(77)80-71-72(70-79-73(76)67-64-61-58-55-52-21-18-15-12-9-6-3)81-75(78)69-66-63-60-57-54-51-49-47-45-43-41-38-35-33-31-29-27-25-23-20-17-14-11-8-5-2/h7,10,16,19,24,26,29-32,36-37,40,42,46,48,72H,4-6,8-9,11-15,17-18,20-23,25,27-28,33-35,38-39,41,43-45,47,49-71H2,1-3H3/b10-7-,19-16-,26-24-,31-29-,32-30-,37-36-,42-40-,48-46-. The van der Waals surface area contributed by atoms with Crippen LogP contribution in [0, 0.1) is 0 Å². The summed E-state index contributed by atoms with van der Waals surface area (Å²) in [4.78, 5) is 38.4. The molecule has 6 heteroatoms. The number of hydrogen-bond acceptors (Lipinski definition) is 6. The minimum Gasteiger partial charge on any atom is -0.462 e. The molecule has 466 valence electrons. The van der Waals surface area contributed by atoms with E-state index in [-0.39, 0.29) is 31.1 Å². The summed E-state index contributed by atoms with van der Waals surface area (Å²) in [5.41, 5.74) is 0. The second-order valence-corrected chi connectivity index (χ2v) is 23.1. The van der Waals surface area contributed by atoms with Gasteiger partial charge in [0.05, 0.1) is 0 Å². The highest BCUT2D eigenvalue weighted by Gasteiger charge is 2.19. The molecule has 0 aliphatic rings. The number of carbonyl (C=O) groups is 3. The summed E-state index contributed by atoms with van der Waals surface area (Å²) in [5, 5.41) is 0. The van der Waals surface area contributed by atoms with E-state index in [1.807, 2.05) is 0 Å². The predicted molar refractivity (Wildman–Crippen MR) is 353 cm³/mol. The normalized spacial score (nSPS) is 12.7. The van der Waals surface area contributed by atoms with E-state index in [4.69, 9.17) is 14.2 Å². The first-order valence-electron chi connectivity index (χ1n) is 34.7. The minimum atomic E-state index is -0.786. The van der Waals surface area contributed by atoms with Gasteiger partial charge in [-0.1, -0.05) is 317 Å². The Morgan fingerprint density at radius 2 is 0.481 bits per heavy atom. The third kappa shape index (κ3) is 67.0. The molecular weight excluding hydrogens is 997 g/mol. The van der Waals surface area contributed by atoms with Crippen LogP contribution in [0.1, 0.15) is 342 Å². The van der Waals surface area contributed by atoms with E-state index >= 15 is 0 Å². The van der Waals surface area contributed by atoms with Gasteiger partial charge in [0.25, 0.3) is 0 Å². The summed E-state index contributed by atoms with van der Waals surface area (Å²) in [7, 11) is 0. The van der Waals surface area contributed by atoms with E-state index in [1.165, 1.54) is 180 Å². The van der Waals surface area contributed by atoms with E-state index in [9.17, 15) is 14.4 Å². The molecule has 1 unspecified atom stereocenters. The van der Waals surface area contributed by atoms with Gasteiger partial charge >= 0.3 is 17.9 Å². The molecule has 0 spiro atoms. The van der Waals surface area contributed by atoms with E-state index in [0.29, 0.717) is 19.3 Å². The molecule has 0 N–H and O–H groups in total. The Morgan fingerprint density at radius 3 is 0.765 bits per heavy atom. The third-order valence-electron chi connectivity index (χ3n) is 15.1. The van der Waals surface area contributed by atoms with Crippen molar-refractivity contribution in [3.05, 3.63) is 97.2 Å². The van der Waals surface area contributed by atoms with Gasteiger partial charge in [0, 0.05) is 19.3 Å². The molecule has 0 fully saturated rings. The lowest BCUT2D eigenvalue weighted by atomic mass is 10.0. The summed E-state index contributed by atoms with van der Waals surface area (Å²) >= 11 is 0. The molecule has 6 nitrogen and oxygen atoms in total. The Balaban J connectivity index is 4.29. The lowest BCUT2D eigenvalue weighted by Crippen LogP contribution is -2.30. The highest BCUT2D eigenvalue weighted by Crippen LogP contribution is 2.17. The molecule has 0 aromatic carbocycles. The van der Waals surface area contributed by atoms with Crippen LogP contribution in [0.5, 0.6) is 0 Å². The van der Waals surface area contributed by atoms with Crippen LogP contribution in [0.4, 0.5) is 0 Å². The first-order chi connectivity index (χ1) is 40.0. The molecule has 0 bridgehead atoms. The van der Waals surface area contributed by atoms with Gasteiger partial charge in [0.2, 0.25) is 0 Å². The van der Waals surface area contributed by atoms with Crippen molar-refractivity contribution in [3.8, 4) is 0 Å². The third-order valence-corrected chi connectivity index (χ3v) is 15.1. The van der Waals surface area contributed by atoms with Crippen molar-refractivity contribution in [2.24, 2.45) is 0 Å². The summed E-state index contributed by atoms with van der Waals surface area (Å²) in [6, 6.07) is 0. The van der Waals surface area contributed by atoms with Crippen molar-refractivity contribution in [1.82, 2.24) is 0 Å². The average Bonchev–Trinajstić information content (AvgIpc) is 3.47. The van der Waals surface area contributed by atoms with Crippen LogP contribution in [0.2, 0.25) is 0 Å². The molecule has 0 aliphatic heterocycles. The lowest BCUT2D eigenvalue weighted by molar-refractivity contribution is -0.167. The maximum Gasteiger partial charge on any atom is 0.306 e. The molecule has 0 heterocycles. The maximum atomic E-state index is 12.9. The van der Waals surface area contributed by atoms with E-state index in [2.05, 4.69) is 118 Å². The van der Waals surface area contributed by atoms with Crippen molar-refractivity contribution >= 4 is 17.9 Å². The van der Waals surface area contributed by atoms with Crippen LogP contribution in [0.15, 0.2) is 97.2 Å². The number of unbranched alkanes of at least 4 members (excludes halogenated alkanes) is 36. The number of ether oxygens (including phenoxy) is 3. The summed E-state index contributed by atoms with van der Waals surface area (Å²) in [5.74, 6) is -0.887. The Labute approximate surface area is 502 Å². The molecule has 0 radical (unpaired) electrons. The Hall–Kier alpha value is -3.67. The number of hydrogen-bond donors (Lipinski definition) is 0. The van der Waals surface area contributed by atoms with Crippen LogP contribution in [0.25, 0.3) is 0 Å². The van der Waals surface area contributed by atoms with Gasteiger partial charge in [0.15, 0.2) is 6.10 Å². The Bertz CT molecular complexity index is 1580. The zero-order valence-corrected chi connectivity index (χ0v) is 53.5. The molecule has 81 heavy (non-hydrogen) atoms. The van der Waals surface area contributed by atoms with Gasteiger partial charge in [-0.3, -0.25) is 14.4 Å². The smallest absolute Gasteiger partial charge is 0.306 e. The van der Waals surface area contributed by atoms with Gasteiger partial charge in [0.1, 0.15) is 13.2 Å². The van der Waals surface area contributed by atoms with Crippen molar-refractivity contribution in [2.75, 3.05) is 13.2 Å². The molecule has 0 aromatic heterocycles. The molecule has 0 aromatic rings. The highest BCUT2D eigenvalue weighted by molar-refractivity contribution is 5.71. The second kappa shape index (κ2) is 68.8. The van der Waals surface area contributed by atoms with Crippen molar-refractivity contribution < 1.29 is 28.6 Å². The van der Waals surface area contributed by atoms with E-state index in [1.54, 1.807) is 0 Å². The lowest BCUT2D eigenvalue weighted by Gasteiger charge is -2.18. The highest BCUT2D eigenvalue weighted by atomic mass is 16.6. The quantitative estimate of drug-likeness (QED) is 0.0261. The molecule has 0 rings (SSSR count).